The normalized spacial score (nSPS) is 18.0. The van der Waals surface area contributed by atoms with Gasteiger partial charge in [0.05, 0.1) is 6.61 Å². The molecule has 0 amide bonds. The molecule has 116 valence electrons. The summed E-state index contributed by atoms with van der Waals surface area (Å²) < 4.78 is 11.2. The second-order valence-corrected chi connectivity index (χ2v) is 5.74. The molecule has 1 unspecified atom stereocenters. The maximum atomic E-state index is 6.19. The van der Waals surface area contributed by atoms with E-state index in [1.54, 1.807) is 7.11 Å². The van der Waals surface area contributed by atoms with Crippen LogP contribution in [0.3, 0.4) is 0 Å². The molecule has 0 heterocycles. The van der Waals surface area contributed by atoms with Crippen molar-refractivity contribution in [1.82, 2.24) is 5.32 Å². The Kier molecular flexibility index (Phi) is 6.27. The summed E-state index contributed by atoms with van der Waals surface area (Å²) in [6.07, 6.45) is 8.19. The fourth-order valence-electron chi connectivity index (χ4n) is 2.77. The second-order valence-electron chi connectivity index (χ2n) is 5.74. The van der Waals surface area contributed by atoms with Gasteiger partial charge in [0.1, 0.15) is 11.9 Å². The van der Waals surface area contributed by atoms with Gasteiger partial charge in [0, 0.05) is 20.2 Å². The molecular weight excluding hydrogens is 262 g/mol. The number of methoxy groups -OCH3 is 1. The summed E-state index contributed by atoms with van der Waals surface area (Å²) in [4.78, 5) is 0. The molecule has 1 N–H and O–H groups in total. The number of nitrogens with one attached hydrogen (secondary N) is 1. The Labute approximate surface area is 128 Å². The van der Waals surface area contributed by atoms with Gasteiger partial charge in [-0.05, 0) is 55.9 Å². The lowest BCUT2D eigenvalue weighted by molar-refractivity contribution is 0.199. The molecule has 2 rings (SSSR count). The molecule has 1 aromatic rings. The van der Waals surface area contributed by atoms with Crippen molar-refractivity contribution in [2.75, 3.05) is 20.3 Å². The molecule has 21 heavy (non-hydrogen) atoms. The number of hydrogen-bond acceptors (Lipinski definition) is 3. The lowest BCUT2D eigenvalue weighted by Gasteiger charge is -2.22. The maximum Gasteiger partial charge on any atom is 0.126 e. The van der Waals surface area contributed by atoms with Crippen molar-refractivity contribution in [1.29, 1.82) is 0 Å². The average Bonchev–Trinajstić information content (AvgIpc) is 2.48. The number of allylic oxidation sites excluding steroid dienone is 1. The molecule has 3 nitrogen and oxygen atoms in total. The van der Waals surface area contributed by atoms with E-state index in [4.69, 9.17) is 9.47 Å². The van der Waals surface area contributed by atoms with Crippen molar-refractivity contribution < 1.29 is 9.47 Å². The Morgan fingerprint density at radius 3 is 2.62 bits per heavy atom. The standard InChI is InChI=1S/C18H27NO2/c1-14-11-16(13-19-9-10-20-3)12-15(2)18(14)21-17-7-5-4-6-8-17/h5,7,11-12,17,19H,4,6,8-10,13H2,1-3H3. The highest BCUT2D eigenvalue weighted by molar-refractivity contribution is 5.43. The fraction of sp³-hybridized carbons (Fsp3) is 0.556. The van der Waals surface area contributed by atoms with Crippen molar-refractivity contribution in [3.05, 3.63) is 41.0 Å². The van der Waals surface area contributed by atoms with Crippen LogP contribution in [0.15, 0.2) is 24.3 Å². The van der Waals surface area contributed by atoms with Crippen LogP contribution in [0.5, 0.6) is 5.75 Å². The molecule has 3 heteroatoms. The van der Waals surface area contributed by atoms with Gasteiger partial charge in [-0.25, -0.2) is 0 Å². The molecule has 0 radical (unpaired) electrons. The van der Waals surface area contributed by atoms with Gasteiger partial charge in [0.2, 0.25) is 0 Å². The monoisotopic (exact) mass is 289 g/mol. The van der Waals surface area contributed by atoms with E-state index < -0.39 is 0 Å². The minimum absolute atomic E-state index is 0.238. The Morgan fingerprint density at radius 1 is 1.24 bits per heavy atom. The predicted molar refractivity (Wildman–Crippen MR) is 86.9 cm³/mol. The van der Waals surface area contributed by atoms with E-state index in [-0.39, 0.29) is 6.10 Å². The van der Waals surface area contributed by atoms with Crippen molar-refractivity contribution in [3.63, 3.8) is 0 Å². The first-order valence-electron chi connectivity index (χ1n) is 7.84. The molecule has 0 spiro atoms. The summed E-state index contributed by atoms with van der Waals surface area (Å²) >= 11 is 0. The topological polar surface area (TPSA) is 30.5 Å². The van der Waals surface area contributed by atoms with Crippen LogP contribution in [-0.2, 0) is 11.3 Å². The number of hydrogen-bond donors (Lipinski definition) is 1. The summed E-state index contributed by atoms with van der Waals surface area (Å²) in [5.41, 5.74) is 3.74. The van der Waals surface area contributed by atoms with Crippen molar-refractivity contribution in [2.24, 2.45) is 0 Å². The number of aryl methyl sites for hydroxylation is 2. The highest BCUT2D eigenvalue weighted by Crippen LogP contribution is 2.28. The van der Waals surface area contributed by atoms with E-state index in [2.05, 4.69) is 43.4 Å². The lowest BCUT2D eigenvalue weighted by Crippen LogP contribution is -2.19. The average molecular weight is 289 g/mol. The van der Waals surface area contributed by atoms with Gasteiger partial charge in [-0.1, -0.05) is 18.2 Å². The number of rotatable bonds is 7. The summed E-state index contributed by atoms with van der Waals surface area (Å²) in [7, 11) is 1.72. The van der Waals surface area contributed by atoms with Crippen molar-refractivity contribution >= 4 is 0 Å². The second kappa shape index (κ2) is 8.20. The number of benzene rings is 1. The molecular formula is C18H27NO2. The van der Waals surface area contributed by atoms with E-state index >= 15 is 0 Å². The summed E-state index contributed by atoms with van der Waals surface area (Å²) in [5, 5.41) is 3.38. The fourth-order valence-corrected chi connectivity index (χ4v) is 2.77. The zero-order chi connectivity index (χ0) is 15.1. The Bertz CT molecular complexity index is 459. The largest absolute Gasteiger partial charge is 0.486 e. The quantitative estimate of drug-likeness (QED) is 0.615. The highest BCUT2D eigenvalue weighted by atomic mass is 16.5. The lowest BCUT2D eigenvalue weighted by atomic mass is 10.0. The van der Waals surface area contributed by atoms with Crippen LogP contribution in [0.2, 0.25) is 0 Å². The zero-order valence-electron chi connectivity index (χ0n) is 13.4. The van der Waals surface area contributed by atoms with Crippen LogP contribution < -0.4 is 10.1 Å². The first-order valence-corrected chi connectivity index (χ1v) is 7.84. The minimum atomic E-state index is 0.238. The highest BCUT2D eigenvalue weighted by Gasteiger charge is 2.13. The van der Waals surface area contributed by atoms with Crippen molar-refractivity contribution in [3.8, 4) is 5.75 Å². The van der Waals surface area contributed by atoms with Crippen LogP contribution >= 0.6 is 0 Å². The van der Waals surface area contributed by atoms with E-state index in [9.17, 15) is 0 Å². The van der Waals surface area contributed by atoms with Crippen LogP contribution in [0.25, 0.3) is 0 Å². The smallest absolute Gasteiger partial charge is 0.126 e. The van der Waals surface area contributed by atoms with Gasteiger partial charge in [0.25, 0.3) is 0 Å². The third-order valence-electron chi connectivity index (χ3n) is 3.81. The van der Waals surface area contributed by atoms with Gasteiger partial charge in [-0.3, -0.25) is 0 Å². The van der Waals surface area contributed by atoms with Gasteiger partial charge >= 0.3 is 0 Å². The molecule has 0 saturated carbocycles. The van der Waals surface area contributed by atoms with Crippen molar-refractivity contribution in [2.45, 2.75) is 45.8 Å². The molecule has 0 saturated heterocycles. The Hall–Kier alpha value is -1.32. The van der Waals surface area contributed by atoms with Gasteiger partial charge in [-0.15, -0.1) is 0 Å². The van der Waals surface area contributed by atoms with E-state index in [1.807, 2.05) is 0 Å². The SMILES string of the molecule is COCCNCc1cc(C)c(OC2C=CCCC2)c(C)c1. The molecule has 0 aromatic heterocycles. The molecule has 1 atom stereocenters. The Morgan fingerprint density at radius 2 is 2.00 bits per heavy atom. The molecule has 0 fully saturated rings. The summed E-state index contributed by atoms with van der Waals surface area (Å²) in [6, 6.07) is 4.43. The Balaban J connectivity index is 1.99. The molecule has 1 aromatic carbocycles. The third kappa shape index (κ3) is 4.87. The number of ether oxygens (including phenoxy) is 2. The van der Waals surface area contributed by atoms with Gasteiger partial charge in [-0.2, -0.15) is 0 Å². The summed E-state index contributed by atoms with van der Waals surface area (Å²) in [6.45, 7) is 6.75. The van der Waals surface area contributed by atoms with Gasteiger partial charge < -0.3 is 14.8 Å². The predicted octanol–water partition coefficient (Wildman–Crippen LogP) is 3.53. The van der Waals surface area contributed by atoms with Gasteiger partial charge in [0.15, 0.2) is 0 Å². The third-order valence-corrected chi connectivity index (χ3v) is 3.81. The molecule has 1 aliphatic carbocycles. The van der Waals surface area contributed by atoms with Crippen LogP contribution in [-0.4, -0.2) is 26.4 Å². The molecule has 1 aliphatic rings. The van der Waals surface area contributed by atoms with Crippen LogP contribution in [0.4, 0.5) is 0 Å². The van der Waals surface area contributed by atoms with E-state index in [0.717, 1.165) is 31.9 Å². The zero-order valence-corrected chi connectivity index (χ0v) is 13.4. The molecule has 0 bridgehead atoms. The maximum absolute atomic E-state index is 6.19. The first-order chi connectivity index (χ1) is 10.2. The first kappa shape index (κ1) is 16.1. The minimum Gasteiger partial charge on any atom is -0.486 e. The van der Waals surface area contributed by atoms with E-state index in [1.165, 1.54) is 29.5 Å². The van der Waals surface area contributed by atoms with Crippen LogP contribution in [0.1, 0.15) is 36.0 Å². The van der Waals surface area contributed by atoms with Crippen LogP contribution in [0, 0.1) is 13.8 Å². The summed E-state index contributed by atoms with van der Waals surface area (Å²) in [5.74, 6) is 1.05. The molecule has 0 aliphatic heterocycles. The van der Waals surface area contributed by atoms with E-state index in [0.29, 0.717) is 0 Å².